The average Bonchev–Trinajstić information content (AvgIpc) is 3.17. The Morgan fingerprint density at radius 3 is 2.81 bits per heavy atom. The van der Waals surface area contributed by atoms with Crippen LogP contribution < -0.4 is 5.32 Å². The number of carboxylic acids is 1. The van der Waals surface area contributed by atoms with Gasteiger partial charge in [-0.1, -0.05) is 42.1 Å². The fraction of sp³-hybridized carbons (Fsp3) is 0.389. The molecule has 138 valence electrons. The number of aryl methyl sites for hydroxylation is 2. The number of thioether (sulfide) groups is 1. The molecule has 26 heavy (non-hydrogen) atoms. The Hall–Kier alpha value is -2.32. The van der Waals surface area contributed by atoms with Crippen LogP contribution in [-0.4, -0.2) is 44.7 Å². The quantitative estimate of drug-likeness (QED) is 0.762. The van der Waals surface area contributed by atoms with E-state index in [2.05, 4.69) is 10.4 Å². The molecule has 3 rings (SSSR count). The molecule has 8 heteroatoms. The zero-order valence-corrected chi connectivity index (χ0v) is 15.5. The van der Waals surface area contributed by atoms with Crippen molar-refractivity contribution in [3.05, 3.63) is 47.2 Å². The van der Waals surface area contributed by atoms with E-state index in [1.165, 1.54) is 11.8 Å². The van der Waals surface area contributed by atoms with Gasteiger partial charge in [0, 0.05) is 12.6 Å². The molecule has 1 aliphatic heterocycles. The van der Waals surface area contributed by atoms with Crippen LogP contribution in [0.1, 0.15) is 16.8 Å². The number of carboxylic acid groups (broad SMARTS) is 1. The highest BCUT2D eigenvalue weighted by atomic mass is 32.2. The standard InChI is InChI=1S/C18H21N3O4S/c1-11-13-8-15(26-17(13)21(2)20-11)16(22)19-14(18(23)24)10-25-9-12-6-4-3-5-7-12/h3-7,14-15H,8-10H2,1-2H3,(H,19,22)(H,23,24). The Balaban J connectivity index is 1.54. The molecule has 1 amide bonds. The molecule has 0 spiro atoms. The van der Waals surface area contributed by atoms with Crippen molar-refractivity contribution in [2.45, 2.75) is 36.3 Å². The van der Waals surface area contributed by atoms with E-state index in [4.69, 9.17) is 4.74 Å². The van der Waals surface area contributed by atoms with Crippen LogP contribution in [0, 0.1) is 6.92 Å². The minimum atomic E-state index is -1.11. The highest BCUT2D eigenvalue weighted by Crippen LogP contribution is 2.38. The summed E-state index contributed by atoms with van der Waals surface area (Å²) in [5.41, 5.74) is 2.92. The van der Waals surface area contributed by atoms with Crippen LogP contribution in [0.25, 0.3) is 0 Å². The van der Waals surface area contributed by atoms with E-state index in [9.17, 15) is 14.7 Å². The number of aliphatic carboxylic acids is 1. The summed E-state index contributed by atoms with van der Waals surface area (Å²) < 4.78 is 7.24. The van der Waals surface area contributed by atoms with Gasteiger partial charge in [-0.2, -0.15) is 5.10 Å². The smallest absolute Gasteiger partial charge is 0.328 e. The molecule has 2 N–H and O–H groups in total. The highest BCUT2D eigenvalue weighted by Gasteiger charge is 2.34. The number of nitrogens with zero attached hydrogens (tertiary/aromatic N) is 2. The van der Waals surface area contributed by atoms with Crippen molar-refractivity contribution in [2.24, 2.45) is 7.05 Å². The van der Waals surface area contributed by atoms with Crippen molar-refractivity contribution < 1.29 is 19.4 Å². The predicted molar refractivity (Wildman–Crippen MR) is 97.0 cm³/mol. The van der Waals surface area contributed by atoms with Crippen molar-refractivity contribution in [3.8, 4) is 0 Å². The van der Waals surface area contributed by atoms with Gasteiger partial charge in [0.05, 0.1) is 29.2 Å². The second-order valence-electron chi connectivity index (χ2n) is 6.20. The summed E-state index contributed by atoms with van der Waals surface area (Å²) in [6, 6.07) is 8.41. The molecule has 2 heterocycles. The summed E-state index contributed by atoms with van der Waals surface area (Å²) >= 11 is 1.42. The minimum absolute atomic E-state index is 0.0825. The van der Waals surface area contributed by atoms with Crippen LogP contribution in [0.15, 0.2) is 35.4 Å². The molecule has 0 fully saturated rings. The van der Waals surface area contributed by atoms with E-state index in [0.717, 1.165) is 21.8 Å². The number of hydrogen-bond acceptors (Lipinski definition) is 5. The van der Waals surface area contributed by atoms with Gasteiger partial charge in [-0.25, -0.2) is 4.79 Å². The number of carbonyl (C=O) groups is 2. The summed E-state index contributed by atoms with van der Waals surface area (Å²) in [4.78, 5) is 24.0. The first-order valence-corrected chi connectivity index (χ1v) is 9.17. The summed E-state index contributed by atoms with van der Waals surface area (Å²) in [6.07, 6.45) is 0.558. The van der Waals surface area contributed by atoms with Crippen LogP contribution in [0.5, 0.6) is 0 Å². The Morgan fingerprint density at radius 2 is 2.15 bits per heavy atom. The van der Waals surface area contributed by atoms with Gasteiger partial charge in [0.25, 0.3) is 0 Å². The van der Waals surface area contributed by atoms with Gasteiger partial charge in [-0.05, 0) is 18.9 Å². The Labute approximate surface area is 155 Å². The third kappa shape index (κ3) is 4.08. The number of fused-ring (bicyclic) bond motifs is 1. The minimum Gasteiger partial charge on any atom is -0.480 e. The molecule has 0 bridgehead atoms. The zero-order valence-electron chi connectivity index (χ0n) is 14.6. The molecular weight excluding hydrogens is 354 g/mol. The molecule has 0 saturated heterocycles. The molecule has 0 saturated carbocycles. The van der Waals surface area contributed by atoms with Gasteiger partial charge in [-0.15, -0.1) is 0 Å². The number of rotatable bonds is 7. The molecule has 0 aliphatic carbocycles. The lowest BCUT2D eigenvalue weighted by Crippen LogP contribution is -2.47. The van der Waals surface area contributed by atoms with E-state index in [1.54, 1.807) is 4.68 Å². The topological polar surface area (TPSA) is 93.5 Å². The maximum absolute atomic E-state index is 12.5. The van der Waals surface area contributed by atoms with Gasteiger partial charge < -0.3 is 15.2 Å². The molecule has 1 aliphatic rings. The first-order valence-electron chi connectivity index (χ1n) is 8.29. The predicted octanol–water partition coefficient (Wildman–Crippen LogP) is 1.53. The zero-order chi connectivity index (χ0) is 18.7. The molecule has 7 nitrogen and oxygen atoms in total. The monoisotopic (exact) mass is 375 g/mol. The van der Waals surface area contributed by atoms with Gasteiger partial charge in [-0.3, -0.25) is 9.48 Å². The van der Waals surface area contributed by atoms with Gasteiger partial charge in [0.15, 0.2) is 6.04 Å². The number of benzene rings is 1. The number of carbonyl (C=O) groups excluding carboxylic acids is 1. The van der Waals surface area contributed by atoms with Gasteiger partial charge in [0.1, 0.15) is 0 Å². The van der Waals surface area contributed by atoms with Crippen molar-refractivity contribution in [3.63, 3.8) is 0 Å². The second kappa shape index (κ2) is 7.92. The van der Waals surface area contributed by atoms with Gasteiger partial charge >= 0.3 is 5.97 Å². The number of ether oxygens (including phenoxy) is 1. The maximum atomic E-state index is 12.5. The van der Waals surface area contributed by atoms with E-state index < -0.39 is 12.0 Å². The fourth-order valence-electron chi connectivity index (χ4n) is 2.88. The van der Waals surface area contributed by atoms with E-state index in [1.807, 2.05) is 44.3 Å². The fourth-order valence-corrected chi connectivity index (χ4v) is 4.14. The lowest BCUT2D eigenvalue weighted by molar-refractivity contribution is -0.143. The number of amides is 1. The summed E-state index contributed by atoms with van der Waals surface area (Å²) in [5.74, 6) is -1.40. The molecule has 1 aromatic heterocycles. The SMILES string of the molecule is Cc1nn(C)c2c1CC(C(=O)NC(COCc1ccccc1)C(=O)O)S2. The molecule has 2 atom stereocenters. The van der Waals surface area contributed by atoms with Gasteiger partial charge in [0.2, 0.25) is 5.91 Å². The molecule has 1 aromatic carbocycles. The summed E-state index contributed by atoms with van der Waals surface area (Å²) in [6.45, 7) is 2.13. The number of aromatic nitrogens is 2. The lowest BCUT2D eigenvalue weighted by atomic mass is 10.1. The Morgan fingerprint density at radius 1 is 1.42 bits per heavy atom. The van der Waals surface area contributed by atoms with Crippen molar-refractivity contribution >= 4 is 23.6 Å². The third-order valence-electron chi connectivity index (χ3n) is 4.24. The molecule has 2 aromatic rings. The Bertz CT molecular complexity index is 780. The van der Waals surface area contributed by atoms with Crippen molar-refractivity contribution in [2.75, 3.05) is 6.61 Å². The van der Waals surface area contributed by atoms with E-state index >= 15 is 0 Å². The molecule has 2 unspecified atom stereocenters. The highest BCUT2D eigenvalue weighted by molar-refractivity contribution is 8.00. The largest absolute Gasteiger partial charge is 0.480 e. The van der Waals surface area contributed by atoms with Crippen LogP contribution in [-0.2, 0) is 34.4 Å². The third-order valence-corrected chi connectivity index (χ3v) is 5.63. The summed E-state index contributed by atoms with van der Waals surface area (Å²) in [5, 5.41) is 16.9. The van der Waals surface area contributed by atoms with Crippen LogP contribution in [0.2, 0.25) is 0 Å². The molecule has 0 radical (unpaired) electrons. The summed E-state index contributed by atoms with van der Waals surface area (Å²) in [7, 11) is 1.84. The van der Waals surface area contributed by atoms with E-state index in [0.29, 0.717) is 13.0 Å². The second-order valence-corrected chi connectivity index (χ2v) is 7.39. The van der Waals surface area contributed by atoms with Crippen LogP contribution >= 0.6 is 11.8 Å². The average molecular weight is 375 g/mol. The first-order chi connectivity index (χ1) is 12.5. The first kappa shape index (κ1) is 18.5. The van der Waals surface area contributed by atoms with E-state index in [-0.39, 0.29) is 17.8 Å². The number of nitrogens with one attached hydrogen (secondary N) is 1. The number of hydrogen-bond donors (Lipinski definition) is 2. The van der Waals surface area contributed by atoms with Crippen molar-refractivity contribution in [1.82, 2.24) is 15.1 Å². The molecular formula is C18H21N3O4S. The lowest BCUT2D eigenvalue weighted by Gasteiger charge is -2.17. The van der Waals surface area contributed by atoms with Crippen LogP contribution in [0.4, 0.5) is 0 Å². The van der Waals surface area contributed by atoms with Crippen LogP contribution in [0.3, 0.4) is 0 Å². The van der Waals surface area contributed by atoms with Crippen molar-refractivity contribution in [1.29, 1.82) is 0 Å². The Kier molecular flexibility index (Phi) is 5.63. The maximum Gasteiger partial charge on any atom is 0.328 e. The normalized spacial score (nSPS) is 16.9.